The van der Waals surface area contributed by atoms with Gasteiger partial charge in [-0.1, -0.05) is 0 Å². The summed E-state index contributed by atoms with van der Waals surface area (Å²) in [6, 6.07) is 4.20. The Balaban J connectivity index is 3.14. The van der Waals surface area contributed by atoms with Gasteiger partial charge in [0.1, 0.15) is 5.75 Å². The van der Waals surface area contributed by atoms with Gasteiger partial charge in [-0.25, -0.2) is 8.42 Å². The molecule has 0 fully saturated rings. The topological polar surface area (TPSA) is 63.7 Å². The lowest BCUT2D eigenvalue weighted by atomic mass is 10.1. The fourth-order valence-corrected chi connectivity index (χ4v) is 2.32. The molecule has 0 spiro atoms. The molecule has 5 nitrogen and oxygen atoms in total. The van der Waals surface area contributed by atoms with Gasteiger partial charge in [-0.15, -0.1) is 0 Å². The first-order valence-corrected chi connectivity index (χ1v) is 7.96. The normalized spacial score (nSPS) is 11.2. The van der Waals surface area contributed by atoms with E-state index in [1.807, 2.05) is 6.92 Å². The van der Waals surface area contributed by atoms with E-state index in [0.29, 0.717) is 17.9 Å². The van der Waals surface area contributed by atoms with Crippen molar-refractivity contribution >= 4 is 25.6 Å². The van der Waals surface area contributed by atoms with Crippen LogP contribution >= 0.6 is 10.7 Å². The number of halogens is 1. The third-order valence-electron chi connectivity index (χ3n) is 2.78. The van der Waals surface area contributed by atoms with E-state index in [1.54, 1.807) is 11.9 Å². The van der Waals surface area contributed by atoms with Gasteiger partial charge in [-0.3, -0.25) is 4.79 Å². The molecule has 0 heterocycles. The van der Waals surface area contributed by atoms with Crippen molar-refractivity contribution in [2.45, 2.75) is 18.2 Å². The maximum atomic E-state index is 11.9. The lowest BCUT2D eigenvalue weighted by Gasteiger charge is -2.16. The first-order chi connectivity index (χ1) is 8.79. The largest absolute Gasteiger partial charge is 0.496 e. The molecule has 0 aliphatic carbocycles. The number of rotatable bonds is 5. The Bertz CT molecular complexity index is 571. The predicted octanol–water partition coefficient (Wildman–Crippen LogP) is 1.64. The number of likely N-dealkylation sites (N-methyl/N-ethyl adjacent to an activating group) is 1. The third kappa shape index (κ3) is 4.11. The van der Waals surface area contributed by atoms with Crippen LogP contribution < -0.4 is 4.74 Å². The minimum Gasteiger partial charge on any atom is -0.496 e. The Morgan fingerprint density at radius 2 is 2.05 bits per heavy atom. The van der Waals surface area contributed by atoms with Gasteiger partial charge in [0, 0.05) is 29.8 Å². The molecule has 0 bridgehead atoms. The molecule has 19 heavy (non-hydrogen) atoms. The van der Waals surface area contributed by atoms with Gasteiger partial charge in [-0.2, -0.15) is 0 Å². The molecule has 0 saturated carbocycles. The van der Waals surface area contributed by atoms with Gasteiger partial charge in [0.25, 0.3) is 9.05 Å². The van der Waals surface area contributed by atoms with Crippen molar-refractivity contribution in [1.82, 2.24) is 4.90 Å². The molecule has 0 saturated heterocycles. The molecule has 1 rings (SSSR count). The van der Waals surface area contributed by atoms with Gasteiger partial charge in [0.15, 0.2) is 0 Å². The highest BCUT2D eigenvalue weighted by molar-refractivity contribution is 8.13. The van der Waals surface area contributed by atoms with Crippen molar-refractivity contribution in [3.05, 3.63) is 23.8 Å². The second kappa shape index (κ2) is 6.25. The van der Waals surface area contributed by atoms with Gasteiger partial charge in [0.05, 0.1) is 18.4 Å². The summed E-state index contributed by atoms with van der Waals surface area (Å²) < 4.78 is 27.7. The molecule has 0 atom stereocenters. The third-order valence-corrected chi connectivity index (χ3v) is 4.13. The number of nitrogens with zero attached hydrogens (tertiary/aromatic N) is 1. The van der Waals surface area contributed by atoms with Crippen LogP contribution in [-0.2, 0) is 20.3 Å². The van der Waals surface area contributed by atoms with E-state index in [2.05, 4.69) is 0 Å². The van der Waals surface area contributed by atoms with E-state index in [-0.39, 0.29) is 17.2 Å². The first-order valence-electron chi connectivity index (χ1n) is 5.65. The monoisotopic (exact) mass is 305 g/mol. The zero-order valence-corrected chi connectivity index (χ0v) is 12.6. The van der Waals surface area contributed by atoms with Gasteiger partial charge >= 0.3 is 0 Å². The number of methoxy groups -OCH3 is 1. The first kappa shape index (κ1) is 15.8. The molecule has 0 aliphatic rings. The molecule has 7 heteroatoms. The van der Waals surface area contributed by atoms with Gasteiger partial charge in [-0.05, 0) is 25.1 Å². The fraction of sp³-hybridized carbons (Fsp3) is 0.417. The average Bonchev–Trinajstić information content (AvgIpc) is 2.36. The molecule has 0 aromatic heterocycles. The molecular weight excluding hydrogens is 290 g/mol. The van der Waals surface area contributed by atoms with Crippen LogP contribution in [0.25, 0.3) is 0 Å². The average molecular weight is 306 g/mol. The van der Waals surface area contributed by atoms with E-state index in [4.69, 9.17) is 15.4 Å². The highest BCUT2D eigenvalue weighted by Gasteiger charge is 2.16. The highest BCUT2D eigenvalue weighted by atomic mass is 35.7. The molecule has 1 aromatic rings. The summed E-state index contributed by atoms with van der Waals surface area (Å²) in [5.74, 6) is 0.340. The number of carbonyl (C=O) groups excluding carboxylic acids is 1. The Hall–Kier alpha value is -1.27. The van der Waals surface area contributed by atoms with Gasteiger partial charge < -0.3 is 9.64 Å². The van der Waals surface area contributed by atoms with Crippen molar-refractivity contribution in [2.75, 3.05) is 20.7 Å². The van der Waals surface area contributed by atoms with Crippen molar-refractivity contribution in [1.29, 1.82) is 0 Å². The van der Waals surface area contributed by atoms with Gasteiger partial charge in [0.2, 0.25) is 5.91 Å². The number of amides is 1. The minimum atomic E-state index is -3.82. The van der Waals surface area contributed by atoms with E-state index in [9.17, 15) is 13.2 Å². The smallest absolute Gasteiger partial charge is 0.261 e. The summed E-state index contributed by atoms with van der Waals surface area (Å²) in [6.07, 6.45) is 0.0633. The Morgan fingerprint density at radius 1 is 1.42 bits per heavy atom. The summed E-state index contributed by atoms with van der Waals surface area (Å²) in [4.78, 5) is 13.4. The molecule has 1 amide bonds. The second-order valence-corrected chi connectivity index (χ2v) is 6.56. The Kier molecular flexibility index (Phi) is 5.20. The van der Waals surface area contributed by atoms with Crippen LogP contribution in [0.5, 0.6) is 5.75 Å². The number of ether oxygens (including phenoxy) is 1. The summed E-state index contributed by atoms with van der Waals surface area (Å²) in [6.45, 7) is 2.43. The van der Waals surface area contributed by atoms with Crippen molar-refractivity contribution < 1.29 is 17.9 Å². The predicted molar refractivity (Wildman–Crippen MR) is 73.0 cm³/mol. The standard InChI is InChI=1S/C12H16ClNO4S/c1-4-14(2)12(15)8-9-7-10(19(13,16)17)5-6-11(9)18-3/h5-7H,4,8H2,1-3H3. The summed E-state index contributed by atoms with van der Waals surface area (Å²) in [7, 11) is 4.61. The van der Waals surface area contributed by atoms with Crippen LogP contribution in [-0.4, -0.2) is 39.9 Å². The van der Waals surface area contributed by atoms with E-state index in [1.165, 1.54) is 25.3 Å². The summed E-state index contributed by atoms with van der Waals surface area (Å²) in [5.41, 5.74) is 0.495. The van der Waals surface area contributed by atoms with Crippen molar-refractivity contribution in [3.8, 4) is 5.75 Å². The van der Waals surface area contributed by atoms with Crippen LogP contribution in [0, 0.1) is 0 Å². The summed E-state index contributed by atoms with van der Waals surface area (Å²) >= 11 is 0. The number of hydrogen-bond donors (Lipinski definition) is 0. The second-order valence-electron chi connectivity index (χ2n) is 4.00. The SMILES string of the molecule is CCN(C)C(=O)Cc1cc(S(=O)(=O)Cl)ccc1OC. The van der Waals surface area contributed by atoms with Crippen LogP contribution in [0.3, 0.4) is 0 Å². The van der Waals surface area contributed by atoms with Crippen LogP contribution in [0.4, 0.5) is 0 Å². The lowest BCUT2D eigenvalue weighted by Crippen LogP contribution is -2.27. The summed E-state index contributed by atoms with van der Waals surface area (Å²) in [5, 5.41) is 0. The van der Waals surface area contributed by atoms with E-state index < -0.39 is 9.05 Å². The Labute approximate surface area is 117 Å². The van der Waals surface area contributed by atoms with Crippen LogP contribution in [0.15, 0.2) is 23.1 Å². The van der Waals surface area contributed by atoms with E-state index in [0.717, 1.165) is 0 Å². The number of carbonyl (C=O) groups is 1. The van der Waals surface area contributed by atoms with E-state index >= 15 is 0 Å². The van der Waals surface area contributed by atoms with Crippen molar-refractivity contribution in [3.63, 3.8) is 0 Å². The molecule has 1 aromatic carbocycles. The molecule has 0 N–H and O–H groups in total. The maximum absolute atomic E-state index is 11.9. The lowest BCUT2D eigenvalue weighted by molar-refractivity contribution is -0.129. The number of hydrogen-bond acceptors (Lipinski definition) is 4. The highest BCUT2D eigenvalue weighted by Crippen LogP contribution is 2.25. The van der Waals surface area contributed by atoms with Crippen LogP contribution in [0.2, 0.25) is 0 Å². The quantitative estimate of drug-likeness (QED) is 0.776. The maximum Gasteiger partial charge on any atom is 0.261 e. The zero-order valence-electron chi connectivity index (χ0n) is 11.0. The molecular formula is C12H16ClNO4S. The zero-order chi connectivity index (χ0) is 14.6. The molecule has 0 aliphatic heterocycles. The molecule has 0 unspecified atom stereocenters. The molecule has 106 valence electrons. The molecule has 0 radical (unpaired) electrons. The Morgan fingerprint density at radius 3 is 2.53 bits per heavy atom. The number of benzene rings is 1. The van der Waals surface area contributed by atoms with Crippen molar-refractivity contribution in [2.24, 2.45) is 0 Å². The van der Waals surface area contributed by atoms with Crippen LogP contribution in [0.1, 0.15) is 12.5 Å². The fourth-order valence-electron chi connectivity index (χ4n) is 1.52. The minimum absolute atomic E-state index is 0.0445.